The van der Waals surface area contributed by atoms with Gasteiger partial charge in [-0.25, -0.2) is 0 Å². The molecule has 0 unspecified atom stereocenters. The standard InChI is InChI=1S/C14H19Cl2NO2/c1-2-3-4-9-17(10-8-13(18)19)14-11(15)6-5-7-12(14)16/h5-7H,2-4,8-10H2,1H3,(H,18,19). The smallest absolute Gasteiger partial charge is 0.305 e. The minimum Gasteiger partial charge on any atom is -0.481 e. The van der Waals surface area contributed by atoms with Crippen LogP contribution in [0.5, 0.6) is 0 Å². The molecular formula is C14H19Cl2NO2. The number of hydrogen-bond donors (Lipinski definition) is 1. The molecule has 19 heavy (non-hydrogen) atoms. The number of carboxylic acids is 1. The number of benzene rings is 1. The first-order chi connectivity index (χ1) is 9.06. The largest absolute Gasteiger partial charge is 0.481 e. The van der Waals surface area contributed by atoms with Gasteiger partial charge in [-0.3, -0.25) is 4.79 Å². The predicted molar refractivity (Wildman–Crippen MR) is 80.5 cm³/mol. The van der Waals surface area contributed by atoms with Gasteiger partial charge < -0.3 is 10.0 Å². The molecule has 0 aliphatic carbocycles. The fourth-order valence-corrected chi connectivity index (χ4v) is 2.55. The Labute approximate surface area is 124 Å². The van der Waals surface area contributed by atoms with Crippen molar-refractivity contribution in [2.24, 2.45) is 0 Å². The highest BCUT2D eigenvalue weighted by molar-refractivity contribution is 6.39. The average Bonchev–Trinajstić information content (AvgIpc) is 2.35. The lowest BCUT2D eigenvalue weighted by Crippen LogP contribution is -2.27. The van der Waals surface area contributed by atoms with Gasteiger partial charge in [0.15, 0.2) is 0 Å². The van der Waals surface area contributed by atoms with Crippen molar-refractivity contribution in [3.63, 3.8) is 0 Å². The highest BCUT2D eigenvalue weighted by Crippen LogP contribution is 2.33. The number of halogens is 2. The maximum absolute atomic E-state index is 10.7. The molecule has 0 spiro atoms. The Morgan fingerprint density at radius 3 is 2.37 bits per heavy atom. The molecule has 0 heterocycles. The van der Waals surface area contributed by atoms with Crippen LogP contribution in [0.1, 0.15) is 32.6 Å². The summed E-state index contributed by atoms with van der Waals surface area (Å²) in [5.41, 5.74) is 0.739. The first-order valence-corrected chi connectivity index (χ1v) is 7.22. The van der Waals surface area contributed by atoms with Crippen molar-refractivity contribution in [1.82, 2.24) is 0 Å². The molecule has 0 radical (unpaired) electrons. The summed E-state index contributed by atoms with van der Waals surface area (Å²) in [5, 5.41) is 9.96. The summed E-state index contributed by atoms with van der Waals surface area (Å²) >= 11 is 12.4. The van der Waals surface area contributed by atoms with Gasteiger partial charge in [-0.1, -0.05) is 49.0 Å². The van der Waals surface area contributed by atoms with Crippen LogP contribution in [0, 0.1) is 0 Å². The fourth-order valence-electron chi connectivity index (χ4n) is 1.91. The van der Waals surface area contributed by atoms with Crippen LogP contribution in [0.15, 0.2) is 18.2 Å². The second-order valence-electron chi connectivity index (χ2n) is 4.41. The van der Waals surface area contributed by atoms with Crippen molar-refractivity contribution in [3.05, 3.63) is 28.2 Å². The van der Waals surface area contributed by atoms with E-state index in [2.05, 4.69) is 6.92 Å². The molecular weight excluding hydrogens is 285 g/mol. The molecule has 0 bridgehead atoms. The van der Waals surface area contributed by atoms with E-state index in [9.17, 15) is 4.79 Å². The van der Waals surface area contributed by atoms with Gasteiger partial charge in [-0.2, -0.15) is 0 Å². The van der Waals surface area contributed by atoms with E-state index >= 15 is 0 Å². The van der Waals surface area contributed by atoms with Crippen LogP contribution in [-0.2, 0) is 4.79 Å². The first-order valence-electron chi connectivity index (χ1n) is 6.47. The van der Waals surface area contributed by atoms with Crippen LogP contribution >= 0.6 is 23.2 Å². The number of carbonyl (C=O) groups is 1. The number of nitrogens with zero attached hydrogens (tertiary/aromatic N) is 1. The van der Waals surface area contributed by atoms with Gasteiger partial charge in [0.05, 0.1) is 22.2 Å². The van der Waals surface area contributed by atoms with Gasteiger partial charge in [0.1, 0.15) is 0 Å². The molecule has 106 valence electrons. The third-order valence-corrected chi connectivity index (χ3v) is 3.49. The average molecular weight is 304 g/mol. The lowest BCUT2D eigenvalue weighted by molar-refractivity contribution is -0.136. The summed E-state index contributed by atoms with van der Waals surface area (Å²) in [5.74, 6) is -0.816. The molecule has 0 amide bonds. The van der Waals surface area contributed by atoms with Gasteiger partial charge in [0, 0.05) is 13.1 Å². The molecule has 5 heteroatoms. The Balaban J connectivity index is 2.84. The van der Waals surface area contributed by atoms with Gasteiger partial charge >= 0.3 is 5.97 Å². The zero-order chi connectivity index (χ0) is 14.3. The van der Waals surface area contributed by atoms with Crippen molar-refractivity contribution in [2.45, 2.75) is 32.6 Å². The maximum Gasteiger partial charge on any atom is 0.305 e. The molecule has 1 rings (SSSR count). The van der Waals surface area contributed by atoms with Crippen molar-refractivity contribution in [1.29, 1.82) is 0 Å². The van der Waals surface area contributed by atoms with Crippen LogP contribution in [0.25, 0.3) is 0 Å². The first kappa shape index (κ1) is 16.1. The monoisotopic (exact) mass is 303 g/mol. The van der Waals surface area contributed by atoms with Crippen molar-refractivity contribution in [2.75, 3.05) is 18.0 Å². The van der Waals surface area contributed by atoms with E-state index in [0.717, 1.165) is 31.5 Å². The van der Waals surface area contributed by atoms with Gasteiger partial charge in [0.25, 0.3) is 0 Å². The fraction of sp³-hybridized carbons (Fsp3) is 0.500. The maximum atomic E-state index is 10.7. The Morgan fingerprint density at radius 1 is 1.21 bits per heavy atom. The highest BCUT2D eigenvalue weighted by atomic mass is 35.5. The lowest BCUT2D eigenvalue weighted by atomic mass is 10.2. The number of unbranched alkanes of at least 4 members (excludes halogenated alkanes) is 2. The number of carboxylic acid groups (broad SMARTS) is 1. The summed E-state index contributed by atoms with van der Waals surface area (Å²) < 4.78 is 0. The summed E-state index contributed by atoms with van der Waals surface area (Å²) in [6, 6.07) is 5.34. The second-order valence-corrected chi connectivity index (χ2v) is 5.22. The Morgan fingerprint density at radius 2 is 1.84 bits per heavy atom. The van der Waals surface area contributed by atoms with E-state index in [-0.39, 0.29) is 6.42 Å². The van der Waals surface area contributed by atoms with Crippen LogP contribution in [0.4, 0.5) is 5.69 Å². The van der Waals surface area contributed by atoms with Crippen molar-refractivity contribution < 1.29 is 9.90 Å². The summed E-state index contributed by atoms with van der Waals surface area (Å²) in [7, 11) is 0. The van der Waals surface area contributed by atoms with E-state index in [1.165, 1.54) is 0 Å². The van der Waals surface area contributed by atoms with E-state index in [0.29, 0.717) is 16.6 Å². The molecule has 1 aromatic rings. The normalized spacial score (nSPS) is 10.5. The number of aliphatic carboxylic acids is 1. The SMILES string of the molecule is CCCCCN(CCC(=O)O)c1c(Cl)cccc1Cl. The van der Waals surface area contributed by atoms with E-state index in [1.54, 1.807) is 18.2 Å². The number of rotatable bonds is 8. The van der Waals surface area contributed by atoms with Crippen LogP contribution in [-0.4, -0.2) is 24.2 Å². The molecule has 0 aliphatic rings. The summed E-state index contributed by atoms with van der Waals surface area (Å²) in [4.78, 5) is 12.7. The van der Waals surface area contributed by atoms with Crippen molar-refractivity contribution in [3.8, 4) is 0 Å². The number of hydrogen-bond acceptors (Lipinski definition) is 2. The van der Waals surface area contributed by atoms with Gasteiger partial charge in [-0.15, -0.1) is 0 Å². The minimum atomic E-state index is -0.816. The third kappa shape index (κ3) is 5.29. The molecule has 1 aromatic carbocycles. The van der Waals surface area contributed by atoms with E-state index < -0.39 is 5.97 Å². The lowest BCUT2D eigenvalue weighted by Gasteiger charge is -2.26. The zero-order valence-corrected chi connectivity index (χ0v) is 12.5. The molecule has 0 aliphatic heterocycles. The number of para-hydroxylation sites is 1. The predicted octanol–water partition coefficient (Wildman–Crippen LogP) is 4.46. The van der Waals surface area contributed by atoms with E-state index in [1.807, 2.05) is 4.90 Å². The molecule has 3 nitrogen and oxygen atoms in total. The van der Waals surface area contributed by atoms with Crippen LogP contribution < -0.4 is 4.90 Å². The topological polar surface area (TPSA) is 40.5 Å². The molecule has 0 saturated heterocycles. The molecule has 0 saturated carbocycles. The molecule has 0 fully saturated rings. The van der Waals surface area contributed by atoms with Crippen LogP contribution in [0.3, 0.4) is 0 Å². The summed E-state index contributed by atoms with van der Waals surface area (Å²) in [6.07, 6.45) is 3.29. The quantitative estimate of drug-likeness (QED) is 0.721. The number of anilines is 1. The second kappa shape index (κ2) is 8.28. The third-order valence-electron chi connectivity index (χ3n) is 2.88. The van der Waals surface area contributed by atoms with Crippen LogP contribution in [0.2, 0.25) is 10.0 Å². The highest BCUT2D eigenvalue weighted by Gasteiger charge is 2.15. The Bertz CT molecular complexity index is 404. The Kier molecular flexibility index (Phi) is 7.03. The Hall–Kier alpha value is -0.930. The molecule has 0 aromatic heterocycles. The molecule has 1 N–H and O–H groups in total. The zero-order valence-electron chi connectivity index (χ0n) is 11.0. The minimum absolute atomic E-state index is 0.0771. The van der Waals surface area contributed by atoms with E-state index in [4.69, 9.17) is 28.3 Å². The van der Waals surface area contributed by atoms with Crippen molar-refractivity contribution >= 4 is 34.9 Å². The van der Waals surface area contributed by atoms with Gasteiger partial charge in [0.2, 0.25) is 0 Å². The summed E-state index contributed by atoms with van der Waals surface area (Å²) in [6.45, 7) is 3.32. The molecule has 0 atom stereocenters. The van der Waals surface area contributed by atoms with Gasteiger partial charge in [-0.05, 0) is 18.6 Å².